The summed E-state index contributed by atoms with van der Waals surface area (Å²) in [6, 6.07) is 5.12. The first-order chi connectivity index (χ1) is 8.36. The van der Waals surface area contributed by atoms with Crippen LogP contribution >= 0.6 is 34.8 Å². The van der Waals surface area contributed by atoms with Gasteiger partial charge in [-0.15, -0.1) is 0 Å². The van der Waals surface area contributed by atoms with Crippen molar-refractivity contribution in [2.45, 2.75) is 23.6 Å². The molecule has 98 valence electrons. The molecule has 1 unspecified atom stereocenters. The predicted molar refractivity (Wildman–Crippen MR) is 70.2 cm³/mol. The second kappa shape index (κ2) is 5.13. The summed E-state index contributed by atoms with van der Waals surface area (Å²) in [5, 5.41) is 2.96. The number of benzene rings is 1. The first-order valence-electron chi connectivity index (χ1n) is 5.12. The molecule has 0 saturated heterocycles. The van der Waals surface area contributed by atoms with Crippen molar-refractivity contribution in [3.63, 3.8) is 0 Å². The molecule has 1 heterocycles. The number of fused-ring (bicyclic) bond motifs is 1. The Balaban J connectivity index is 2.18. The molecule has 0 saturated carbocycles. The Bertz CT molecular complexity index is 473. The van der Waals surface area contributed by atoms with Crippen LogP contribution in [0.2, 0.25) is 0 Å². The molecule has 2 rings (SSSR count). The first kappa shape index (κ1) is 13.7. The van der Waals surface area contributed by atoms with Gasteiger partial charge in [-0.1, -0.05) is 34.8 Å². The van der Waals surface area contributed by atoms with Crippen LogP contribution in [0.5, 0.6) is 5.75 Å². The molecule has 0 aromatic heterocycles. The highest BCUT2D eigenvalue weighted by Crippen LogP contribution is 2.37. The molecule has 0 radical (unpaired) electrons. The summed E-state index contributed by atoms with van der Waals surface area (Å²) in [6.45, 7) is 1.61. The van der Waals surface area contributed by atoms with Crippen molar-refractivity contribution in [2.75, 3.05) is 5.32 Å². The van der Waals surface area contributed by atoms with Gasteiger partial charge in [0.25, 0.3) is 0 Å². The van der Waals surface area contributed by atoms with Gasteiger partial charge in [-0.3, -0.25) is 4.79 Å². The number of alkyl halides is 3. The zero-order chi connectivity index (χ0) is 13.3. The van der Waals surface area contributed by atoms with E-state index in [0.29, 0.717) is 5.75 Å². The summed E-state index contributed by atoms with van der Waals surface area (Å²) in [4.78, 5) is 10.8. The molecule has 1 aromatic carbocycles. The van der Waals surface area contributed by atoms with Crippen molar-refractivity contribution in [1.82, 2.24) is 0 Å². The minimum absolute atomic E-state index is 0.274. The van der Waals surface area contributed by atoms with E-state index in [4.69, 9.17) is 44.3 Å². The molecule has 4 nitrogen and oxygen atoms in total. The highest BCUT2D eigenvalue weighted by molar-refractivity contribution is 6.68. The monoisotopic (exact) mass is 309 g/mol. The zero-order valence-corrected chi connectivity index (χ0v) is 11.6. The average Bonchev–Trinajstić information content (AvgIpc) is 2.26. The fourth-order valence-corrected chi connectivity index (χ4v) is 1.94. The summed E-state index contributed by atoms with van der Waals surface area (Å²) in [5.41, 5.74) is 1.62. The molecule has 0 spiro atoms. The van der Waals surface area contributed by atoms with E-state index in [2.05, 4.69) is 5.32 Å². The van der Waals surface area contributed by atoms with Gasteiger partial charge < -0.3 is 14.8 Å². The number of carbonyl (C=O) groups excluding carboxylic acids is 1. The molecule has 1 N–H and O–H groups in total. The highest BCUT2D eigenvalue weighted by Gasteiger charge is 2.36. The minimum Gasteiger partial charge on any atom is -0.427 e. The first-order valence-corrected chi connectivity index (χ1v) is 6.26. The second-order valence-electron chi connectivity index (χ2n) is 3.79. The number of carbonyl (C=O) groups is 1. The van der Waals surface area contributed by atoms with Gasteiger partial charge in [0.2, 0.25) is 3.79 Å². The van der Waals surface area contributed by atoms with E-state index in [0.717, 1.165) is 11.3 Å². The maximum atomic E-state index is 10.8. The van der Waals surface area contributed by atoms with Gasteiger partial charge in [-0.2, -0.15) is 0 Å². The number of anilines is 1. The molecule has 7 heteroatoms. The van der Waals surface area contributed by atoms with E-state index < -0.39 is 10.0 Å². The third kappa shape index (κ3) is 3.20. The van der Waals surface area contributed by atoms with Crippen LogP contribution in [0.25, 0.3) is 0 Å². The van der Waals surface area contributed by atoms with Crippen LogP contribution < -0.4 is 10.1 Å². The molecule has 1 aliphatic rings. The van der Waals surface area contributed by atoms with Crippen LogP contribution in [0.4, 0.5) is 5.69 Å². The largest absolute Gasteiger partial charge is 0.427 e. The van der Waals surface area contributed by atoms with Gasteiger partial charge in [0.1, 0.15) is 5.75 Å². The number of ether oxygens (including phenoxy) is 2. The Morgan fingerprint density at radius 1 is 1.50 bits per heavy atom. The molecule has 0 bridgehead atoms. The SMILES string of the molecule is CC(=O)Oc1ccc2c(c1)COC(C(Cl)(Cl)Cl)N2. The summed E-state index contributed by atoms with van der Waals surface area (Å²) < 4.78 is 8.81. The molecule has 1 aliphatic heterocycles. The van der Waals surface area contributed by atoms with Crippen LogP contribution in [-0.2, 0) is 16.1 Å². The molecule has 1 atom stereocenters. The van der Waals surface area contributed by atoms with E-state index in [9.17, 15) is 4.79 Å². The molecule has 0 amide bonds. The number of rotatable bonds is 1. The van der Waals surface area contributed by atoms with Gasteiger partial charge in [-0.05, 0) is 18.2 Å². The lowest BCUT2D eigenvalue weighted by Gasteiger charge is -2.31. The predicted octanol–water partition coefficient (Wildman–Crippen LogP) is 3.25. The summed E-state index contributed by atoms with van der Waals surface area (Å²) in [5.74, 6) is 0.0813. The normalized spacial score (nSPS) is 18.8. The number of halogens is 3. The Morgan fingerprint density at radius 3 is 2.83 bits per heavy atom. The summed E-state index contributed by atoms with van der Waals surface area (Å²) in [6.07, 6.45) is -0.713. The number of hydrogen-bond acceptors (Lipinski definition) is 4. The van der Waals surface area contributed by atoms with Crippen molar-refractivity contribution in [2.24, 2.45) is 0 Å². The third-order valence-corrected chi connectivity index (χ3v) is 2.92. The van der Waals surface area contributed by atoms with Crippen molar-refractivity contribution in [3.05, 3.63) is 23.8 Å². The van der Waals surface area contributed by atoms with E-state index in [1.165, 1.54) is 6.92 Å². The Kier molecular flexibility index (Phi) is 3.92. The molecule has 1 aromatic rings. The zero-order valence-electron chi connectivity index (χ0n) is 9.38. The molecular formula is C11H10Cl3NO3. The van der Waals surface area contributed by atoms with E-state index in [-0.39, 0.29) is 12.6 Å². The maximum Gasteiger partial charge on any atom is 0.308 e. The Labute approximate surface area is 119 Å². The van der Waals surface area contributed by atoms with E-state index in [1.807, 2.05) is 0 Å². The van der Waals surface area contributed by atoms with E-state index in [1.54, 1.807) is 18.2 Å². The molecular weight excluding hydrogens is 300 g/mol. The number of hydrogen-bond donors (Lipinski definition) is 1. The second-order valence-corrected chi connectivity index (χ2v) is 6.16. The van der Waals surface area contributed by atoms with Crippen molar-refractivity contribution in [3.8, 4) is 5.75 Å². The Morgan fingerprint density at radius 2 is 2.22 bits per heavy atom. The van der Waals surface area contributed by atoms with Gasteiger partial charge >= 0.3 is 5.97 Å². The molecule has 0 fully saturated rings. The number of nitrogens with one attached hydrogen (secondary N) is 1. The highest BCUT2D eigenvalue weighted by atomic mass is 35.6. The maximum absolute atomic E-state index is 10.8. The van der Waals surface area contributed by atoms with Crippen molar-refractivity contribution >= 4 is 46.5 Å². The van der Waals surface area contributed by atoms with Crippen LogP contribution in [0, 0.1) is 0 Å². The van der Waals surface area contributed by atoms with Crippen molar-refractivity contribution in [1.29, 1.82) is 0 Å². The fourth-order valence-electron chi connectivity index (χ4n) is 1.59. The van der Waals surface area contributed by atoms with Gasteiger partial charge in [0.05, 0.1) is 6.61 Å². The summed E-state index contributed by atoms with van der Waals surface area (Å²) >= 11 is 17.3. The van der Waals surface area contributed by atoms with Crippen molar-refractivity contribution < 1.29 is 14.3 Å². The van der Waals surface area contributed by atoms with Gasteiger partial charge in [0, 0.05) is 18.2 Å². The van der Waals surface area contributed by atoms with Gasteiger partial charge in [-0.25, -0.2) is 0 Å². The quantitative estimate of drug-likeness (QED) is 0.491. The van der Waals surface area contributed by atoms with Crippen LogP contribution in [0.3, 0.4) is 0 Å². The molecule has 18 heavy (non-hydrogen) atoms. The van der Waals surface area contributed by atoms with Crippen LogP contribution in [0.15, 0.2) is 18.2 Å². The standard InChI is InChI=1S/C11H10Cl3NO3/c1-6(16)18-8-2-3-9-7(4-8)5-17-10(15-9)11(12,13)14/h2-4,10,15H,5H2,1H3. The Hall–Kier alpha value is -0.680. The number of esters is 1. The average molecular weight is 311 g/mol. The lowest BCUT2D eigenvalue weighted by molar-refractivity contribution is -0.131. The van der Waals surface area contributed by atoms with Crippen LogP contribution in [0.1, 0.15) is 12.5 Å². The van der Waals surface area contributed by atoms with E-state index >= 15 is 0 Å². The molecule has 0 aliphatic carbocycles. The third-order valence-electron chi connectivity index (χ3n) is 2.33. The summed E-state index contributed by atoms with van der Waals surface area (Å²) in [7, 11) is 0. The lowest BCUT2D eigenvalue weighted by atomic mass is 10.1. The van der Waals surface area contributed by atoms with Gasteiger partial charge in [0.15, 0.2) is 6.23 Å². The lowest BCUT2D eigenvalue weighted by Crippen LogP contribution is -2.39. The fraction of sp³-hybridized carbons (Fsp3) is 0.364. The smallest absolute Gasteiger partial charge is 0.308 e. The topological polar surface area (TPSA) is 47.6 Å². The minimum atomic E-state index is -1.55. The van der Waals surface area contributed by atoms with Crippen LogP contribution in [-0.4, -0.2) is 16.0 Å².